The number of amides is 1. The lowest BCUT2D eigenvalue weighted by Crippen LogP contribution is -2.28. The standard InChI is InChI=1S/C20H18N2O2/c23-14-21-20(10-11-20)18-6-3-7-19(22-18)24-13-15-8-9-16-4-1-2-5-17(16)12-15/h1-9,12,14H,10-11,13H2,(H,21,23). The van der Waals surface area contributed by atoms with E-state index in [4.69, 9.17) is 4.74 Å². The summed E-state index contributed by atoms with van der Waals surface area (Å²) >= 11 is 0. The number of nitrogens with one attached hydrogen (secondary N) is 1. The van der Waals surface area contributed by atoms with Crippen LogP contribution >= 0.6 is 0 Å². The predicted octanol–water partition coefficient (Wildman–Crippen LogP) is 3.55. The minimum atomic E-state index is -0.288. The predicted molar refractivity (Wildman–Crippen MR) is 92.6 cm³/mol. The van der Waals surface area contributed by atoms with E-state index < -0.39 is 0 Å². The molecule has 1 saturated carbocycles. The molecular formula is C20H18N2O2. The number of hydrogen-bond donors (Lipinski definition) is 1. The minimum Gasteiger partial charge on any atom is -0.473 e. The van der Waals surface area contributed by atoms with Crippen LogP contribution in [0.2, 0.25) is 0 Å². The summed E-state index contributed by atoms with van der Waals surface area (Å²) in [6, 6.07) is 20.3. The number of pyridine rings is 1. The maximum absolute atomic E-state index is 10.8. The molecule has 4 nitrogen and oxygen atoms in total. The van der Waals surface area contributed by atoms with Gasteiger partial charge in [0.1, 0.15) is 6.61 Å². The summed E-state index contributed by atoms with van der Waals surface area (Å²) < 4.78 is 5.86. The molecule has 0 atom stereocenters. The number of hydrogen-bond acceptors (Lipinski definition) is 3. The number of carbonyl (C=O) groups is 1. The average molecular weight is 318 g/mol. The first-order valence-electron chi connectivity index (χ1n) is 8.08. The quantitative estimate of drug-likeness (QED) is 0.707. The van der Waals surface area contributed by atoms with Gasteiger partial charge in [0.15, 0.2) is 0 Å². The molecule has 1 aliphatic carbocycles. The van der Waals surface area contributed by atoms with Crippen LogP contribution in [0.25, 0.3) is 10.8 Å². The summed E-state index contributed by atoms with van der Waals surface area (Å²) in [6.45, 7) is 0.468. The SMILES string of the molecule is O=CNC1(c2cccc(OCc3ccc4ccccc4c3)n2)CC1. The lowest BCUT2D eigenvalue weighted by atomic mass is 10.1. The van der Waals surface area contributed by atoms with Crippen molar-refractivity contribution >= 4 is 17.2 Å². The lowest BCUT2D eigenvalue weighted by molar-refractivity contribution is -0.110. The highest BCUT2D eigenvalue weighted by atomic mass is 16.5. The molecule has 1 fully saturated rings. The zero-order valence-corrected chi connectivity index (χ0v) is 13.2. The van der Waals surface area contributed by atoms with E-state index in [1.54, 1.807) is 0 Å². The maximum atomic E-state index is 10.8. The van der Waals surface area contributed by atoms with Gasteiger partial charge in [-0.15, -0.1) is 0 Å². The topological polar surface area (TPSA) is 51.2 Å². The molecule has 4 heteroatoms. The van der Waals surface area contributed by atoms with Gasteiger partial charge in [0.25, 0.3) is 0 Å². The van der Waals surface area contributed by atoms with Crippen LogP contribution in [0.3, 0.4) is 0 Å². The van der Waals surface area contributed by atoms with Gasteiger partial charge in [-0.25, -0.2) is 4.98 Å². The molecular weight excluding hydrogens is 300 g/mol. The Hall–Kier alpha value is -2.88. The number of carbonyl (C=O) groups excluding carboxylic acids is 1. The molecule has 120 valence electrons. The molecule has 0 unspecified atom stereocenters. The zero-order valence-electron chi connectivity index (χ0n) is 13.2. The molecule has 0 radical (unpaired) electrons. The smallest absolute Gasteiger partial charge is 0.213 e. The third-order valence-electron chi connectivity index (χ3n) is 4.50. The van der Waals surface area contributed by atoms with E-state index in [0.29, 0.717) is 12.5 Å². The molecule has 4 rings (SSSR count). The summed E-state index contributed by atoms with van der Waals surface area (Å²) in [7, 11) is 0. The van der Waals surface area contributed by atoms with Crippen LogP contribution in [0, 0.1) is 0 Å². The summed E-state index contributed by atoms with van der Waals surface area (Å²) in [4.78, 5) is 15.3. The van der Waals surface area contributed by atoms with Crippen LogP contribution in [0.5, 0.6) is 5.88 Å². The fraction of sp³-hybridized carbons (Fsp3) is 0.200. The molecule has 1 N–H and O–H groups in total. The molecule has 0 saturated heterocycles. The lowest BCUT2D eigenvalue weighted by Gasteiger charge is -2.14. The monoisotopic (exact) mass is 318 g/mol. The van der Waals surface area contributed by atoms with Crippen LogP contribution in [0.1, 0.15) is 24.1 Å². The van der Waals surface area contributed by atoms with Crippen molar-refractivity contribution in [3.63, 3.8) is 0 Å². The van der Waals surface area contributed by atoms with Crippen LogP contribution in [0.4, 0.5) is 0 Å². The van der Waals surface area contributed by atoms with Gasteiger partial charge in [-0.05, 0) is 41.3 Å². The van der Waals surface area contributed by atoms with Gasteiger partial charge in [0, 0.05) is 6.07 Å². The first-order valence-corrected chi connectivity index (χ1v) is 8.08. The normalized spacial score (nSPS) is 15.0. The van der Waals surface area contributed by atoms with Crippen molar-refractivity contribution in [2.24, 2.45) is 0 Å². The Morgan fingerprint density at radius 3 is 2.67 bits per heavy atom. The summed E-state index contributed by atoms with van der Waals surface area (Å²) in [5, 5.41) is 5.29. The Bertz CT molecular complexity index is 887. The van der Waals surface area contributed by atoms with E-state index in [9.17, 15) is 4.79 Å². The van der Waals surface area contributed by atoms with E-state index >= 15 is 0 Å². The van der Waals surface area contributed by atoms with Crippen molar-refractivity contribution < 1.29 is 9.53 Å². The number of rotatable bonds is 6. The summed E-state index contributed by atoms with van der Waals surface area (Å²) in [5.41, 5.74) is 1.68. The Morgan fingerprint density at radius 1 is 1.04 bits per heavy atom. The minimum absolute atomic E-state index is 0.288. The van der Waals surface area contributed by atoms with E-state index in [1.165, 1.54) is 10.8 Å². The van der Waals surface area contributed by atoms with Gasteiger partial charge >= 0.3 is 0 Å². The molecule has 1 amide bonds. The van der Waals surface area contributed by atoms with Gasteiger partial charge < -0.3 is 10.1 Å². The molecule has 3 aromatic rings. The van der Waals surface area contributed by atoms with Crippen molar-refractivity contribution in [3.8, 4) is 5.88 Å². The molecule has 1 aromatic heterocycles. The largest absolute Gasteiger partial charge is 0.473 e. The Labute approximate surface area is 140 Å². The Balaban J connectivity index is 1.50. The van der Waals surface area contributed by atoms with Gasteiger partial charge in [-0.3, -0.25) is 4.79 Å². The first-order chi connectivity index (χ1) is 11.8. The fourth-order valence-electron chi connectivity index (χ4n) is 2.96. The fourth-order valence-corrected chi connectivity index (χ4v) is 2.96. The van der Waals surface area contributed by atoms with Crippen LogP contribution < -0.4 is 10.1 Å². The third-order valence-corrected chi connectivity index (χ3v) is 4.50. The van der Waals surface area contributed by atoms with Crippen molar-refractivity contribution in [3.05, 3.63) is 71.9 Å². The second-order valence-corrected chi connectivity index (χ2v) is 6.18. The molecule has 24 heavy (non-hydrogen) atoms. The number of ether oxygens (including phenoxy) is 1. The van der Waals surface area contributed by atoms with Crippen LogP contribution in [0.15, 0.2) is 60.7 Å². The Kier molecular flexibility index (Phi) is 3.65. The van der Waals surface area contributed by atoms with Crippen molar-refractivity contribution in [1.82, 2.24) is 10.3 Å². The molecule has 1 aliphatic rings. The number of fused-ring (bicyclic) bond motifs is 1. The molecule has 0 aliphatic heterocycles. The van der Waals surface area contributed by atoms with Crippen molar-refractivity contribution in [2.75, 3.05) is 0 Å². The van der Waals surface area contributed by atoms with E-state index in [0.717, 1.165) is 30.5 Å². The second kappa shape index (κ2) is 5.96. The molecule has 0 bridgehead atoms. The summed E-state index contributed by atoms with van der Waals surface area (Å²) in [5.74, 6) is 0.583. The van der Waals surface area contributed by atoms with Crippen LogP contribution in [-0.4, -0.2) is 11.4 Å². The highest BCUT2D eigenvalue weighted by molar-refractivity contribution is 5.82. The van der Waals surface area contributed by atoms with Gasteiger partial charge in [-0.2, -0.15) is 0 Å². The van der Waals surface area contributed by atoms with E-state index in [-0.39, 0.29) is 5.54 Å². The average Bonchev–Trinajstić information content (AvgIpc) is 3.41. The van der Waals surface area contributed by atoms with Gasteiger partial charge in [0.05, 0.1) is 11.2 Å². The highest BCUT2D eigenvalue weighted by Gasteiger charge is 2.45. The van der Waals surface area contributed by atoms with E-state index in [1.807, 2.05) is 30.3 Å². The molecule has 1 heterocycles. The summed E-state index contributed by atoms with van der Waals surface area (Å²) in [6.07, 6.45) is 2.59. The van der Waals surface area contributed by atoms with E-state index in [2.05, 4.69) is 40.6 Å². The number of aromatic nitrogens is 1. The van der Waals surface area contributed by atoms with Crippen molar-refractivity contribution in [2.45, 2.75) is 25.0 Å². The van der Waals surface area contributed by atoms with Crippen LogP contribution in [-0.2, 0) is 16.9 Å². The maximum Gasteiger partial charge on any atom is 0.213 e. The highest BCUT2D eigenvalue weighted by Crippen LogP contribution is 2.44. The third kappa shape index (κ3) is 2.83. The molecule has 0 spiro atoms. The van der Waals surface area contributed by atoms with Gasteiger partial charge in [0.2, 0.25) is 12.3 Å². The number of benzene rings is 2. The first kappa shape index (κ1) is 14.7. The Morgan fingerprint density at radius 2 is 1.88 bits per heavy atom. The van der Waals surface area contributed by atoms with Gasteiger partial charge in [-0.1, -0.05) is 42.5 Å². The second-order valence-electron chi connectivity index (χ2n) is 6.18. The molecule has 2 aromatic carbocycles. The number of nitrogens with zero attached hydrogens (tertiary/aromatic N) is 1. The zero-order chi connectivity index (χ0) is 16.4. The van der Waals surface area contributed by atoms with Crippen molar-refractivity contribution in [1.29, 1.82) is 0 Å².